The Labute approximate surface area is 225 Å². The summed E-state index contributed by atoms with van der Waals surface area (Å²) in [4.78, 5) is 0. The quantitative estimate of drug-likeness (QED) is 0.189. The molecule has 0 fully saturated rings. The molecular weight excluding hydrogens is 468 g/mol. The van der Waals surface area contributed by atoms with Gasteiger partial charge in [-0.15, -0.1) is 0 Å². The molecule has 6 nitrogen and oxygen atoms in total. The molecule has 1 aromatic carbocycles. The Morgan fingerprint density at radius 3 is 2.57 bits per heavy atom. The topological polar surface area (TPSA) is 66.4 Å². The summed E-state index contributed by atoms with van der Waals surface area (Å²) in [6.07, 6.45) is 10.4. The van der Waals surface area contributed by atoms with Gasteiger partial charge >= 0.3 is 0 Å². The summed E-state index contributed by atoms with van der Waals surface area (Å²) >= 11 is 0. The zero-order valence-electron chi connectivity index (χ0n) is 24.4. The summed E-state index contributed by atoms with van der Waals surface area (Å²) in [5.74, 6) is 1.98. The molecule has 0 spiro atoms. The van der Waals surface area contributed by atoms with Crippen molar-refractivity contribution in [2.45, 2.75) is 104 Å². The molecule has 1 aliphatic rings. The normalized spacial score (nSPS) is 20.0. The largest absolute Gasteiger partial charge is 0.487 e. The van der Waals surface area contributed by atoms with Gasteiger partial charge in [0, 0.05) is 14.2 Å². The van der Waals surface area contributed by atoms with Crippen LogP contribution in [0, 0.1) is 12.8 Å². The fourth-order valence-corrected chi connectivity index (χ4v) is 4.87. The van der Waals surface area contributed by atoms with Gasteiger partial charge in [0.05, 0.1) is 6.10 Å². The number of benzene rings is 1. The number of rotatable bonds is 16. The first kappa shape index (κ1) is 31.4. The van der Waals surface area contributed by atoms with E-state index in [1.165, 1.54) is 11.1 Å². The second-order valence-electron chi connectivity index (χ2n) is 11.1. The molecule has 2 rings (SSSR count). The summed E-state index contributed by atoms with van der Waals surface area (Å²) in [7, 11) is 3.23. The van der Waals surface area contributed by atoms with Crippen LogP contribution >= 0.6 is 0 Å². The van der Waals surface area contributed by atoms with Crippen LogP contribution in [0.3, 0.4) is 0 Å². The van der Waals surface area contributed by atoms with Crippen molar-refractivity contribution in [3.63, 3.8) is 0 Å². The van der Waals surface area contributed by atoms with Crippen LogP contribution in [-0.4, -0.2) is 50.7 Å². The van der Waals surface area contributed by atoms with Crippen molar-refractivity contribution < 1.29 is 28.8 Å². The van der Waals surface area contributed by atoms with Crippen molar-refractivity contribution in [1.82, 2.24) is 0 Å². The molecule has 1 N–H and O–H groups in total. The fourth-order valence-electron chi connectivity index (χ4n) is 4.87. The van der Waals surface area contributed by atoms with Crippen molar-refractivity contribution in [3.05, 3.63) is 46.6 Å². The van der Waals surface area contributed by atoms with Crippen molar-refractivity contribution in [3.8, 4) is 11.5 Å². The molecule has 0 radical (unpaired) electrons. The number of aliphatic hydroxyl groups is 1. The highest BCUT2D eigenvalue weighted by Gasteiger charge is 2.32. The summed E-state index contributed by atoms with van der Waals surface area (Å²) in [5, 5.41) is 10.8. The first-order chi connectivity index (χ1) is 17.6. The Kier molecular flexibility index (Phi) is 13.2. The van der Waals surface area contributed by atoms with E-state index in [0.29, 0.717) is 0 Å². The van der Waals surface area contributed by atoms with Crippen LogP contribution in [0.5, 0.6) is 11.5 Å². The zero-order chi connectivity index (χ0) is 27.4. The van der Waals surface area contributed by atoms with E-state index in [2.05, 4.69) is 39.8 Å². The second kappa shape index (κ2) is 15.5. The number of aryl methyl sites for hydroxylation is 2. The number of allylic oxidation sites excluding steroid dienone is 3. The van der Waals surface area contributed by atoms with Crippen LogP contribution in [0.2, 0.25) is 0 Å². The maximum Gasteiger partial charge on any atom is 0.188 e. The minimum atomic E-state index is -0.549. The van der Waals surface area contributed by atoms with E-state index >= 15 is 0 Å². The molecule has 37 heavy (non-hydrogen) atoms. The molecule has 4 atom stereocenters. The molecular formula is C31H50O6. The zero-order valence-corrected chi connectivity index (χ0v) is 24.4. The van der Waals surface area contributed by atoms with Gasteiger partial charge in [0.2, 0.25) is 0 Å². The van der Waals surface area contributed by atoms with E-state index in [-0.39, 0.29) is 31.2 Å². The Morgan fingerprint density at radius 1 is 1.16 bits per heavy atom. The summed E-state index contributed by atoms with van der Waals surface area (Å²) < 4.78 is 27.9. The highest BCUT2D eigenvalue weighted by molar-refractivity contribution is 5.48. The van der Waals surface area contributed by atoms with Gasteiger partial charge in [-0.3, -0.25) is 0 Å². The first-order valence-corrected chi connectivity index (χ1v) is 13.6. The number of fused-ring (bicyclic) bond motifs is 1. The fraction of sp³-hybridized carbons (Fsp3) is 0.677. The molecule has 0 amide bonds. The molecule has 1 aromatic rings. The van der Waals surface area contributed by atoms with Gasteiger partial charge in [-0.1, -0.05) is 30.2 Å². The Morgan fingerprint density at radius 2 is 1.89 bits per heavy atom. The highest BCUT2D eigenvalue weighted by atomic mass is 16.7. The van der Waals surface area contributed by atoms with Crippen molar-refractivity contribution in [2.75, 3.05) is 27.8 Å². The maximum absolute atomic E-state index is 10.8. The molecule has 1 heterocycles. The van der Waals surface area contributed by atoms with Crippen molar-refractivity contribution in [1.29, 1.82) is 0 Å². The maximum atomic E-state index is 10.8. The lowest BCUT2D eigenvalue weighted by Gasteiger charge is -2.37. The van der Waals surface area contributed by atoms with Crippen LogP contribution in [0.1, 0.15) is 84.3 Å². The van der Waals surface area contributed by atoms with E-state index in [1.807, 2.05) is 26.0 Å². The minimum Gasteiger partial charge on any atom is -0.487 e. The minimum absolute atomic E-state index is 0.142. The average Bonchev–Trinajstić information content (AvgIpc) is 2.85. The predicted octanol–water partition coefficient (Wildman–Crippen LogP) is 6.91. The predicted molar refractivity (Wildman–Crippen MR) is 149 cm³/mol. The van der Waals surface area contributed by atoms with Crippen LogP contribution in [-0.2, 0) is 20.6 Å². The Balaban J connectivity index is 1.82. The molecule has 0 aliphatic carbocycles. The summed E-state index contributed by atoms with van der Waals surface area (Å²) in [6, 6.07) is 4.10. The van der Waals surface area contributed by atoms with Crippen LogP contribution in [0.15, 0.2) is 35.4 Å². The van der Waals surface area contributed by atoms with Crippen LogP contribution in [0.25, 0.3) is 0 Å². The third-order valence-electron chi connectivity index (χ3n) is 7.13. The number of methoxy groups -OCH3 is 2. The lowest BCUT2D eigenvalue weighted by Crippen LogP contribution is -2.36. The molecule has 0 aromatic heterocycles. The molecule has 0 saturated heterocycles. The highest BCUT2D eigenvalue weighted by Crippen LogP contribution is 2.40. The van der Waals surface area contributed by atoms with Gasteiger partial charge in [-0.25, -0.2) is 0 Å². The Bertz CT molecular complexity index is 888. The van der Waals surface area contributed by atoms with E-state index in [4.69, 9.17) is 23.7 Å². The van der Waals surface area contributed by atoms with E-state index in [1.54, 1.807) is 14.2 Å². The van der Waals surface area contributed by atoms with Gasteiger partial charge in [-0.2, -0.15) is 0 Å². The van der Waals surface area contributed by atoms with Crippen LogP contribution in [0.4, 0.5) is 0 Å². The van der Waals surface area contributed by atoms with Crippen molar-refractivity contribution in [2.24, 2.45) is 5.92 Å². The second-order valence-corrected chi connectivity index (χ2v) is 11.1. The van der Waals surface area contributed by atoms with E-state index in [9.17, 15) is 5.11 Å². The van der Waals surface area contributed by atoms with Gasteiger partial charge in [0.1, 0.15) is 30.0 Å². The lowest BCUT2D eigenvalue weighted by atomic mass is 9.87. The van der Waals surface area contributed by atoms with Gasteiger partial charge in [-0.05, 0) is 109 Å². The van der Waals surface area contributed by atoms with Gasteiger partial charge in [0.15, 0.2) is 6.79 Å². The van der Waals surface area contributed by atoms with E-state index in [0.717, 1.165) is 67.6 Å². The molecule has 0 bridgehead atoms. The number of hydrogen-bond acceptors (Lipinski definition) is 6. The third-order valence-corrected chi connectivity index (χ3v) is 7.13. The number of hydrogen-bond donors (Lipinski definition) is 1. The van der Waals surface area contributed by atoms with E-state index < -0.39 is 6.10 Å². The molecule has 6 heteroatoms. The Hall–Kier alpha value is -1.86. The number of ether oxygens (including phenoxy) is 5. The molecule has 0 unspecified atom stereocenters. The molecule has 210 valence electrons. The lowest BCUT2D eigenvalue weighted by molar-refractivity contribution is -0.105. The standard InChI is InChI=1S/C31H50O6/c1-22(2)17-28(36-21-34-8)29(32)24(4)13-9-11-23(3)12-10-15-31(6)16-14-26-19-27(35-20-33-7)18-25(5)30(26)37-31/h12,17-19,24,28-29,32H,9-11,13-16,20-21H2,1-8H3/b23-12+/t24-,28+,29-,31+/m0/s1. The van der Waals surface area contributed by atoms with Gasteiger partial charge < -0.3 is 28.8 Å². The average molecular weight is 519 g/mol. The SMILES string of the molecule is COCOc1cc(C)c2c(c1)CC[C@@](C)(CC/C=C(\C)CCC[C@H](C)[C@H](O)[C@@H](C=C(C)C)OCOC)O2. The third kappa shape index (κ3) is 10.4. The smallest absolute Gasteiger partial charge is 0.188 e. The first-order valence-electron chi connectivity index (χ1n) is 13.6. The van der Waals surface area contributed by atoms with Crippen molar-refractivity contribution >= 4 is 0 Å². The van der Waals surface area contributed by atoms with Gasteiger partial charge in [0.25, 0.3) is 0 Å². The molecule has 0 saturated carbocycles. The summed E-state index contributed by atoms with van der Waals surface area (Å²) in [5.41, 5.74) is 4.68. The monoisotopic (exact) mass is 518 g/mol. The van der Waals surface area contributed by atoms with Crippen LogP contribution < -0.4 is 9.47 Å². The molecule has 1 aliphatic heterocycles. The number of aliphatic hydroxyl groups excluding tert-OH is 1. The summed E-state index contributed by atoms with van der Waals surface area (Å²) in [6.45, 7) is 13.1.